The number of amides is 1. The molecule has 1 unspecified atom stereocenters. The summed E-state index contributed by atoms with van der Waals surface area (Å²) >= 11 is 0. The summed E-state index contributed by atoms with van der Waals surface area (Å²) in [6, 6.07) is -0.286. The summed E-state index contributed by atoms with van der Waals surface area (Å²) in [4.78, 5) is 28.2. The van der Waals surface area contributed by atoms with Crippen LogP contribution < -0.4 is 10.9 Å². The van der Waals surface area contributed by atoms with E-state index in [2.05, 4.69) is 15.3 Å². The Hall–Kier alpha value is -1.69. The minimum atomic E-state index is -0.410. The summed E-state index contributed by atoms with van der Waals surface area (Å²) in [7, 11) is 0. The maximum absolute atomic E-state index is 11.5. The third-order valence-corrected chi connectivity index (χ3v) is 1.95. The van der Waals surface area contributed by atoms with Gasteiger partial charge < -0.3 is 15.4 Å². The van der Waals surface area contributed by atoms with E-state index in [-0.39, 0.29) is 23.9 Å². The van der Waals surface area contributed by atoms with Gasteiger partial charge in [-0.2, -0.15) is 0 Å². The predicted octanol–water partition coefficient (Wildman–Crippen LogP) is -0.729. The lowest BCUT2D eigenvalue weighted by molar-refractivity contribution is 0.0909. The number of nitrogens with one attached hydrogen (secondary N) is 2. The molecule has 1 heterocycles. The normalized spacial score (nSPS) is 12.1. The molecule has 0 saturated carbocycles. The van der Waals surface area contributed by atoms with Gasteiger partial charge in [0.15, 0.2) is 0 Å². The van der Waals surface area contributed by atoms with Crippen molar-refractivity contribution in [1.29, 1.82) is 0 Å². The fraction of sp³-hybridized carbons (Fsp3) is 0.444. The molecule has 0 bridgehead atoms. The molecule has 1 atom stereocenters. The molecule has 15 heavy (non-hydrogen) atoms. The molecule has 0 saturated heterocycles. The number of nitrogens with zero attached hydrogens (tertiary/aromatic N) is 1. The van der Waals surface area contributed by atoms with E-state index >= 15 is 0 Å². The highest BCUT2D eigenvalue weighted by atomic mass is 16.3. The molecule has 1 aromatic heterocycles. The minimum Gasteiger partial charge on any atom is -0.394 e. The number of aromatic amines is 1. The Morgan fingerprint density at radius 3 is 2.93 bits per heavy atom. The molecular formula is C9H13N3O3. The zero-order valence-corrected chi connectivity index (χ0v) is 8.36. The maximum atomic E-state index is 11.5. The molecule has 0 radical (unpaired) electrons. The van der Waals surface area contributed by atoms with Crippen molar-refractivity contribution >= 4 is 5.91 Å². The lowest BCUT2D eigenvalue weighted by atomic mass is 10.2. The quantitative estimate of drug-likeness (QED) is 0.612. The van der Waals surface area contributed by atoms with Crippen molar-refractivity contribution in [2.75, 3.05) is 6.61 Å². The van der Waals surface area contributed by atoms with Crippen molar-refractivity contribution in [2.24, 2.45) is 0 Å². The summed E-state index contributed by atoms with van der Waals surface area (Å²) in [5.74, 6) is -0.410. The molecule has 1 amide bonds. The Labute approximate surface area is 86.4 Å². The fourth-order valence-corrected chi connectivity index (χ4v) is 1.00. The molecule has 0 spiro atoms. The van der Waals surface area contributed by atoms with Crippen molar-refractivity contribution in [2.45, 2.75) is 19.4 Å². The molecule has 0 aliphatic carbocycles. The number of aromatic nitrogens is 2. The van der Waals surface area contributed by atoms with Crippen LogP contribution in [0.15, 0.2) is 17.2 Å². The van der Waals surface area contributed by atoms with Gasteiger partial charge in [0.25, 0.3) is 11.5 Å². The Morgan fingerprint density at radius 1 is 1.73 bits per heavy atom. The van der Waals surface area contributed by atoms with E-state index in [0.29, 0.717) is 6.42 Å². The second-order valence-electron chi connectivity index (χ2n) is 3.06. The third kappa shape index (κ3) is 3.17. The first-order chi connectivity index (χ1) is 7.17. The number of aliphatic hydroxyl groups is 1. The van der Waals surface area contributed by atoms with Gasteiger partial charge >= 0.3 is 0 Å². The van der Waals surface area contributed by atoms with E-state index in [1.165, 1.54) is 6.20 Å². The minimum absolute atomic E-state index is 0.119. The Balaban J connectivity index is 2.68. The second kappa shape index (κ2) is 5.26. The monoisotopic (exact) mass is 211 g/mol. The average Bonchev–Trinajstić information content (AvgIpc) is 2.26. The second-order valence-corrected chi connectivity index (χ2v) is 3.06. The molecule has 3 N–H and O–H groups in total. The largest absolute Gasteiger partial charge is 0.394 e. The number of hydrogen-bond acceptors (Lipinski definition) is 4. The first-order valence-electron chi connectivity index (χ1n) is 4.63. The van der Waals surface area contributed by atoms with Crippen LogP contribution in [-0.4, -0.2) is 33.6 Å². The van der Waals surface area contributed by atoms with Crippen molar-refractivity contribution in [1.82, 2.24) is 15.3 Å². The van der Waals surface area contributed by atoms with Gasteiger partial charge in [-0.1, -0.05) is 6.92 Å². The third-order valence-electron chi connectivity index (χ3n) is 1.95. The Bertz CT molecular complexity index is 364. The average molecular weight is 211 g/mol. The van der Waals surface area contributed by atoms with Crippen molar-refractivity contribution in [3.63, 3.8) is 0 Å². The van der Waals surface area contributed by atoms with E-state index in [1.807, 2.05) is 6.92 Å². The number of H-pyrrole nitrogens is 1. The van der Waals surface area contributed by atoms with Gasteiger partial charge in [-0.25, -0.2) is 4.98 Å². The zero-order chi connectivity index (χ0) is 11.3. The molecule has 1 rings (SSSR count). The van der Waals surface area contributed by atoms with E-state index in [0.717, 1.165) is 6.20 Å². The highest BCUT2D eigenvalue weighted by Crippen LogP contribution is 1.93. The van der Waals surface area contributed by atoms with Crippen LogP contribution in [-0.2, 0) is 0 Å². The summed E-state index contributed by atoms with van der Waals surface area (Å²) in [5, 5.41) is 11.5. The van der Waals surface area contributed by atoms with Crippen LogP contribution in [0.2, 0.25) is 0 Å². The fourth-order valence-electron chi connectivity index (χ4n) is 1.00. The highest BCUT2D eigenvalue weighted by Gasteiger charge is 2.11. The number of carbonyl (C=O) groups excluding carboxylic acids is 1. The number of rotatable bonds is 4. The molecule has 0 aromatic carbocycles. The van der Waals surface area contributed by atoms with Crippen LogP contribution in [0.1, 0.15) is 23.8 Å². The lowest BCUT2D eigenvalue weighted by Gasteiger charge is -2.12. The van der Waals surface area contributed by atoms with Crippen LogP contribution in [0.25, 0.3) is 0 Å². The Kier molecular flexibility index (Phi) is 3.99. The summed E-state index contributed by atoms with van der Waals surface area (Å²) < 4.78 is 0. The Morgan fingerprint density at radius 2 is 2.47 bits per heavy atom. The number of hydrogen-bond donors (Lipinski definition) is 3. The van der Waals surface area contributed by atoms with Crippen molar-refractivity contribution in [3.05, 3.63) is 28.4 Å². The van der Waals surface area contributed by atoms with Gasteiger partial charge in [0.1, 0.15) is 5.69 Å². The van der Waals surface area contributed by atoms with Crippen molar-refractivity contribution < 1.29 is 9.90 Å². The van der Waals surface area contributed by atoms with Crippen molar-refractivity contribution in [3.8, 4) is 0 Å². The molecule has 0 aliphatic heterocycles. The number of carbonyl (C=O) groups is 1. The summed E-state index contributed by atoms with van der Waals surface area (Å²) in [5.41, 5.74) is -0.234. The van der Waals surface area contributed by atoms with Crippen LogP contribution in [0.3, 0.4) is 0 Å². The highest BCUT2D eigenvalue weighted by molar-refractivity contribution is 5.92. The van der Waals surface area contributed by atoms with E-state index in [4.69, 9.17) is 5.11 Å². The molecule has 1 aromatic rings. The molecule has 82 valence electrons. The van der Waals surface area contributed by atoms with Gasteiger partial charge in [-0.3, -0.25) is 9.59 Å². The SMILES string of the molecule is CCC(CO)NC(=O)c1c[nH]c(=O)cn1. The van der Waals surface area contributed by atoms with Crippen LogP contribution in [0.4, 0.5) is 0 Å². The molecular weight excluding hydrogens is 198 g/mol. The van der Waals surface area contributed by atoms with Crippen LogP contribution in [0.5, 0.6) is 0 Å². The summed E-state index contributed by atoms with van der Waals surface area (Å²) in [6.45, 7) is 1.73. The van der Waals surface area contributed by atoms with Gasteiger partial charge in [0, 0.05) is 6.20 Å². The smallest absolute Gasteiger partial charge is 0.271 e. The maximum Gasteiger partial charge on any atom is 0.271 e. The first kappa shape index (κ1) is 11.4. The molecule has 0 aliphatic rings. The lowest BCUT2D eigenvalue weighted by Crippen LogP contribution is -2.37. The summed E-state index contributed by atoms with van der Waals surface area (Å²) in [6.07, 6.45) is 2.90. The van der Waals surface area contributed by atoms with Gasteiger partial charge in [0.2, 0.25) is 0 Å². The van der Waals surface area contributed by atoms with E-state index in [9.17, 15) is 9.59 Å². The van der Waals surface area contributed by atoms with E-state index in [1.54, 1.807) is 0 Å². The standard InChI is InChI=1S/C9H13N3O3/c1-2-6(5-13)12-9(15)7-3-11-8(14)4-10-7/h3-4,6,13H,2,5H2,1H3,(H,11,14)(H,12,15). The van der Waals surface area contributed by atoms with Gasteiger partial charge in [0.05, 0.1) is 18.8 Å². The molecule has 6 nitrogen and oxygen atoms in total. The zero-order valence-electron chi connectivity index (χ0n) is 8.36. The van der Waals surface area contributed by atoms with Gasteiger partial charge in [-0.05, 0) is 6.42 Å². The molecule has 0 fully saturated rings. The van der Waals surface area contributed by atoms with Gasteiger partial charge in [-0.15, -0.1) is 0 Å². The van der Waals surface area contributed by atoms with E-state index < -0.39 is 5.91 Å². The number of aliphatic hydroxyl groups excluding tert-OH is 1. The van der Waals surface area contributed by atoms with Crippen LogP contribution in [0, 0.1) is 0 Å². The molecule has 6 heteroatoms. The topological polar surface area (TPSA) is 95.1 Å². The first-order valence-corrected chi connectivity index (χ1v) is 4.63. The predicted molar refractivity (Wildman–Crippen MR) is 53.5 cm³/mol. The van der Waals surface area contributed by atoms with Crippen LogP contribution >= 0.6 is 0 Å².